The minimum atomic E-state index is -4.54. The number of halogens is 5. The number of nitrogens with one attached hydrogen (secondary N) is 2. The molecule has 0 aliphatic rings. The van der Waals surface area contributed by atoms with Crippen LogP contribution in [0.15, 0.2) is 60.7 Å². The minimum Gasteiger partial charge on any atom is -0.507 e. The van der Waals surface area contributed by atoms with Crippen LogP contribution in [0, 0.1) is 5.82 Å². The Morgan fingerprint density at radius 1 is 1.08 bits per heavy atom. The summed E-state index contributed by atoms with van der Waals surface area (Å²) in [6.07, 6.45) is -3.20. The third-order valence-corrected chi connectivity index (χ3v) is 6.50. The van der Waals surface area contributed by atoms with Crippen molar-refractivity contribution in [3.05, 3.63) is 93.8 Å². The Kier molecular flexibility index (Phi) is 8.70. The SMILES string of the molecule is CS(=O)(=O)Nc1ccc(C(CCc2ccc(C(F)(F)F)cc2Cl)CNC(=O)c2ccccc2O)cc1F. The number of aromatic hydroxyl groups is 1. The summed E-state index contributed by atoms with van der Waals surface area (Å²) < 4.78 is 78.5. The molecule has 198 valence electrons. The van der Waals surface area contributed by atoms with Gasteiger partial charge in [-0.05, 0) is 60.4 Å². The summed E-state index contributed by atoms with van der Waals surface area (Å²) in [6, 6.07) is 12.8. The second-order valence-electron chi connectivity index (χ2n) is 8.38. The van der Waals surface area contributed by atoms with Crippen molar-refractivity contribution in [1.29, 1.82) is 0 Å². The number of sulfonamides is 1. The summed E-state index contributed by atoms with van der Waals surface area (Å²) in [5.74, 6) is -2.18. The molecule has 0 aromatic heterocycles. The fourth-order valence-corrected chi connectivity index (χ4v) is 4.53. The molecular weight excluding hydrogens is 536 g/mol. The molecule has 3 rings (SSSR count). The Bertz CT molecular complexity index is 1400. The standard InChI is InChI=1S/C25H23ClF4N2O4S/c1-37(35,36)32-22-11-9-16(12-21(22)27)17(14-31-24(34)19-4-2-3-5-23(19)33)7-6-15-8-10-18(13-20(15)26)25(28,29)30/h2-5,8-13,17,32-33H,6-7,14H2,1H3,(H,31,34). The smallest absolute Gasteiger partial charge is 0.416 e. The molecule has 3 aromatic carbocycles. The van der Waals surface area contributed by atoms with Crippen LogP contribution in [0.3, 0.4) is 0 Å². The van der Waals surface area contributed by atoms with Gasteiger partial charge in [0, 0.05) is 17.5 Å². The van der Waals surface area contributed by atoms with Gasteiger partial charge in [0.1, 0.15) is 11.6 Å². The van der Waals surface area contributed by atoms with Crippen LogP contribution >= 0.6 is 11.6 Å². The predicted octanol–water partition coefficient (Wildman–Crippen LogP) is 5.72. The molecule has 12 heteroatoms. The number of carbonyl (C=O) groups excluding carboxylic acids is 1. The van der Waals surface area contributed by atoms with Gasteiger partial charge in [0.05, 0.1) is 23.1 Å². The molecule has 1 unspecified atom stereocenters. The minimum absolute atomic E-state index is 0.0102. The molecule has 1 atom stereocenters. The second-order valence-corrected chi connectivity index (χ2v) is 10.5. The molecule has 37 heavy (non-hydrogen) atoms. The quantitative estimate of drug-likeness (QED) is 0.293. The van der Waals surface area contributed by atoms with Crippen molar-refractivity contribution in [3.63, 3.8) is 0 Å². The Labute approximate surface area is 216 Å². The number of phenolic OH excluding ortho intramolecular Hbond substituents is 1. The van der Waals surface area contributed by atoms with E-state index in [4.69, 9.17) is 11.6 Å². The molecule has 0 radical (unpaired) electrons. The van der Waals surface area contributed by atoms with Crippen molar-refractivity contribution in [2.24, 2.45) is 0 Å². The fraction of sp³-hybridized carbons (Fsp3) is 0.240. The Morgan fingerprint density at radius 2 is 1.78 bits per heavy atom. The third-order valence-electron chi connectivity index (χ3n) is 5.56. The maximum Gasteiger partial charge on any atom is 0.416 e. The van der Waals surface area contributed by atoms with Crippen molar-refractivity contribution in [2.45, 2.75) is 24.9 Å². The van der Waals surface area contributed by atoms with Gasteiger partial charge in [-0.3, -0.25) is 9.52 Å². The lowest BCUT2D eigenvalue weighted by Crippen LogP contribution is -2.29. The van der Waals surface area contributed by atoms with E-state index in [2.05, 4.69) is 10.0 Å². The zero-order valence-corrected chi connectivity index (χ0v) is 21.0. The highest BCUT2D eigenvalue weighted by Crippen LogP contribution is 2.33. The molecule has 0 fully saturated rings. The number of hydrogen-bond donors (Lipinski definition) is 3. The van der Waals surface area contributed by atoms with E-state index in [1.165, 1.54) is 30.3 Å². The Morgan fingerprint density at radius 3 is 2.38 bits per heavy atom. The molecule has 0 heterocycles. The Hall–Kier alpha value is -3.31. The first-order valence-electron chi connectivity index (χ1n) is 10.9. The summed E-state index contributed by atoms with van der Waals surface area (Å²) in [5.41, 5.74) is -0.261. The molecule has 3 aromatic rings. The van der Waals surface area contributed by atoms with Crippen molar-refractivity contribution < 1.29 is 35.9 Å². The molecule has 6 nitrogen and oxygen atoms in total. The molecule has 0 saturated heterocycles. The van der Waals surface area contributed by atoms with Crippen molar-refractivity contribution in [2.75, 3.05) is 17.5 Å². The van der Waals surface area contributed by atoms with Gasteiger partial charge in [0.25, 0.3) is 5.91 Å². The molecule has 0 bridgehead atoms. The zero-order valence-electron chi connectivity index (χ0n) is 19.4. The second kappa shape index (κ2) is 11.4. The van der Waals surface area contributed by atoms with Crippen LogP contribution in [0.25, 0.3) is 0 Å². The number of phenols is 1. The van der Waals surface area contributed by atoms with Crippen LogP contribution in [0.5, 0.6) is 5.75 Å². The van der Waals surface area contributed by atoms with Gasteiger partial charge >= 0.3 is 6.18 Å². The molecule has 0 aliphatic heterocycles. The number of benzene rings is 3. The van der Waals surface area contributed by atoms with Gasteiger partial charge in [-0.1, -0.05) is 35.9 Å². The van der Waals surface area contributed by atoms with Gasteiger partial charge in [-0.25, -0.2) is 12.8 Å². The summed E-state index contributed by atoms with van der Waals surface area (Å²) in [4.78, 5) is 12.6. The molecular formula is C25H23ClF4N2O4S. The van der Waals surface area contributed by atoms with Crippen LogP contribution in [-0.2, 0) is 22.6 Å². The number of hydrogen-bond acceptors (Lipinski definition) is 4. The summed E-state index contributed by atoms with van der Waals surface area (Å²) in [6.45, 7) is -0.0102. The van der Waals surface area contributed by atoms with E-state index in [0.717, 1.165) is 24.5 Å². The summed E-state index contributed by atoms with van der Waals surface area (Å²) in [7, 11) is -3.72. The lowest BCUT2D eigenvalue weighted by molar-refractivity contribution is -0.137. The van der Waals surface area contributed by atoms with Crippen LogP contribution in [0.4, 0.5) is 23.2 Å². The highest BCUT2D eigenvalue weighted by molar-refractivity contribution is 7.92. The zero-order chi connectivity index (χ0) is 27.4. The maximum absolute atomic E-state index is 14.7. The van der Waals surface area contributed by atoms with E-state index in [0.29, 0.717) is 11.1 Å². The number of alkyl halides is 3. The Balaban J connectivity index is 1.84. The average Bonchev–Trinajstić information content (AvgIpc) is 2.80. The highest BCUT2D eigenvalue weighted by Gasteiger charge is 2.31. The third kappa shape index (κ3) is 7.83. The molecule has 0 saturated carbocycles. The molecule has 3 N–H and O–H groups in total. The van der Waals surface area contributed by atoms with Gasteiger partial charge in [0.2, 0.25) is 10.0 Å². The van der Waals surface area contributed by atoms with Crippen LogP contribution in [0.1, 0.15) is 39.4 Å². The lowest BCUT2D eigenvalue weighted by atomic mass is 9.91. The van der Waals surface area contributed by atoms with Crippen LogP contribution in [0.2, 0.25) is 5.02 Å². The first-order chi connectivity index (χ1) is 17.2. The summed E-state index contributed by atoms with van der Waals surface area (Å²) >= 11 is 6.07. The maximum atomic E-state index is 14.7. The predicted molar refractivity (Wildman–Crippen MR) is 133 cm³/mol. The molecule has 1 amide bonds. The number of aryl methyl sites for hydroxylation is 1. The largest absolute Gasteiger partial charge is 0.507 e. The van der Waals surface area contributed by atoms with E-state index in [1.54, 1.807) is 12.1 Å². The van der Waals surface area contributed by atoms with Crippen molar-refractivity contribution in [1.82, 2.24) is 5.32 Å². The van der Waals surface area contributed by atoms with E-state index in [1.807, 2.05) is 0 Å². The highest BCUT2D eigenvalue weighted by atomic mass is 35.5. The van der Waals surface area contributed by atoms with E-state index in [9.17, 15) is 35.9 Å². The van der Waals surface area contributed by atoms with E-state index < -0.39 is 39.4 Å². The van der Waals surface area contributed by atoms with Crippen LogP contribution in [-0.4, -0.2) is 32.2 Å². The molecule has 0 spiro atoms. The number of anilines is 1. The van der Waals surface area contributed by atoms with Gasteiger partial charge < -0.3 is 10.4 Å². The first kappa shape index (κ1) is 28.3. The monoisotopic (exact) mass is 558 g/mol. The fourth-order valence-electron chi connectivity index (χ4n) is 3.69. The van der Waals surface area contributed by atoms with Crippen molar-refractivity contribution in [3.8, 4) is 5.75 Å². The number of amides is 1. The van der Waals surface area contributed by atoms with Gasteiger partial charge in [-0.15, -0.1) is 0 Å². The first-order valence-corrected chi connectivity index (χ1v) is 13.2. The normalized spacial score (nSPS) is 12.7. The van der Waals surface area contributed by atoms with Crippen LogP contribution < -0.4 is 10.0 Å². The van der Waals surface area contributed by atoms with E-state index in [-0.39, 0.29) is 41.4 Å². The van der Waals surface area contributed by atoms with Crippen molar-refractivity contribution >= 4 is 33.2 Å². The number of carbonyl (C=O) groups is 1. The molecule has 0 aliphatic carbocycles. The van der Waals surface area contributed by atoms with Gasteiger partial charge in [0.15, 0.2) is 0 Å². The summed E-state index contributed by atoms with van der Waals surface area (Å²) in [5, 5.41) is 12.5. The van der Waals surface area contributed by atoms with E-state index >= 15 is 0 Å². The number of rotatable bonds is 9. The number of para-hydroxylation sites is 1. The topological polar surface area (TPSA) is 95.5 Å². The average molecular weight is 559 g/mol. The lowest BCUT2D eigenvalue weighted by Gasteiger charge is -2.20. The van der Waals surface area contributed by atoms with Gasteiger partial charge in [-0.2, -0.15) is 13.2 Å².